The van der Waals surface area contributed by atoms with Crippen LogP contribution in [0.15, 0.2) is 83.2 Å². The second kappa shape index (κ2) is 14.1. The Hall–Kier alpha value is -3.72. The molecule has 1 saturated heterocycles. The monoisotopic (exact) mass is 652 g/mol. The highest BCUT2D eigenvalue weighted by molar-refractivity contribution is 7.89. The molecule has 11 nitrogen and oxygen atoms in total. The molecule has 0 aliphatic carbocycles. The van der Waals surface area contributed by atoms with Crippen molar-refractivity contribution in [1.29, 1.82) is 0 Å². The summed E-state index contributed by atoms with van der Waals surface area (Å²) in [4.78, 5) is 29.4. The summed E-state index contributed by atoms with van der Waals surface area (Å²) < 4.78 is 35.3. The normalized spacial score (nSPS) is 17.5. The number of aliphatic hydroxyl groups excluding tert-OH is 2. The Kier molecular flexibility index (Phi) is 10.3. The highest BCUT2D eigenvalue weighted by atomic mass is 32.2. The number of fused-ring (bicyclic) bond motifs is 1. The van der Waals surface area contributed by atoms with E-state index in [2.05, 4.69) is 10.3 Å². The minimum atomic E-state index is -4.01. The van der Waals surface area contributed by atoms with Gasteiger partial charge in [0.05, 0.1) is 33.3 Å². The molecule has 0 bridgehead atoms. The molecule has 0 spiro atoms. The fraction of sp³-hybridized carbons (Fsp3) is 0.344. The molecule has 1 unspecified atom stereocenters. The van der Waals surface area contributed by atoms with Gasteiger partial charge in [-0.25, -0.2) is 18.2 Å². The summed E-state index contributed by atoms with van der Waals surface area (Å²) in [5.74, 6) is -0.0365. The molecule has 3 N–H and O–H groups in total. The smallest absolute Gasteiger partial charge is 0.414 e. The summed E-state index contributed by atoms with van der Waals surface area (Å²) in [5.41, 5.74) is 4.06. The van der Waals surface area contributed by atoms with E-state index < -0.39 is 40.6 Å². The lowest BCUT2D eigenvalue weighted by atomic mass is 10.00. The lowest BCUT2D eigenvalue weighted by Crippen LogP contribution is -2.55. The fourth-order valence-electron chi connectivity index (χ4n) is 5.25. The maximum absolute atomic E-state index is 13.9. The molecule has 0 saturated carbocycles. The van der Waals surface area contributed by atoms with Gasteiger partial charge in [-0.3, -0.25) is 15.0 Å². The number of hydrogen-bond donors (Lipinski definition) is 3. The number of thiazole rings is 1. The van der Waals surface area contributed by atoms with Crippen molar-refractivity contribution >= 4 is 49.6 Å². The number of hydrogen-bond acceptors (Lipinski definition) is 10. The van der Waals surface area contributed by atoms with Crippen molar-refractivity contribution in [3.63, 3.8) is 0 Å². The van der Waals surface area contributed by atoms with Crippen molar-refractivity contribution in [1.82, 2.24) is 14.6 Å². The van der Waals surface area contributed by atoms with Gasteiger partial charge in [-0.2, -0.15) is 4.31 Å². The van der Waals surface area contributed by atoms with Gasteiger partial charge in [0.15, 0.2) is 6.10 Å². The Morgan fingerprint density at radius 3 is 2.51 bits per heavy atom. The largest absolute Gasteiger partial charge is 0.440 e. The Morgan fingerprint density at radius 2 is 1.82 bits per heavy atom. The molecule has 238 valence electrons. The Labute approximate surface area is 266 Å². The fourth-order valence-corrected chi connectivity index (χ4v) is 7.56. The summed E-state index contributed by atoms with van der Waals surface area (Å²) in [7, 11) is -4.01. The highest BCUT2D eigenvalue weighted by Gasteiger charge is 2.39. The topological polar surface area (TPSA) is 149 Å². The predicted octanol–water partition coefficient (Wildman–Crippen LogP) is 3.66. The summed E-state index contributed by atoms with van der Waals surface area (Å²) in [6.45, 7) is 3.73. The van der Waals surface area contributed by atoms with Crippen LogP contribution in [-0.2, 0) is 21.2 Å². The molecule has 1 fully saturated rings. The Morgan fingerprint density at radius 1 is 1.09 bits per heavy atom. The number of aldehydes is 1. The summed E-state index contributed by atoms with van der Waals surface area (Å²) in [6.07, 6.45) is -3.30. The number of cyclic esters (lactones) is 1. The van der Waals surface area contributed by atoms with Gasteiger partial charge in [-0.15, -0.1) is 11.3 Å². The zero-order chi connectivity index (χ0) is 32.1. The van der Waals surface area contributed by atoms with Crippen LogP contribution in [0.2, 0.25) is 0 Å². The molecular weight excluding hydrogens is 617 g/mol. The number of nitrogens with one attached hydrogen (secondary N) is 1. The second-order valence-corrected chi connectivity index (χ2v) is 14.2. The van der Waals surface area contributed by atoms with Gasteiger partial charge in [-0.05, 0) is 60.4 Å². The standard InChI is InChI=1S/C32H36N4O7S2/c1-21(2)16-35(45(41,42)25-12-13-30-27(15-25)33-20-44-30)17-28(38)26(14-22-6-4-3-5-7-22)34-31(39)29-18-36(32(40)43-29)24-10-8-23(19-37)9-11-24/h3-13,15,19-21,26,28-29,31,34,38-39H,14,16-18H2,1-2H3/t26-,28+,29-,31?/m0/s1. The third kappa shape index (κ3) is 7.75. The van der Waals surface area contributed by atoms with E-state index in [9.17, 15) is 28.2 Å². The van der Waals surface area contributed by atoms with Crippen LogP contribution in [-0.4, -0.2) is 84.4 Å². The van der Waals surface area contributed by atoms with Crippen LogP contribution in [0.25, 0.3) is 10.2 Å². The molecule has 4 aromatic rings. The Balaban J connectivity index is 1.35. The van der Waals surface area contributed by atoms with Crippen molar-refractivity contribution in [3.8, 4) is 0 Å². The quantitative estimate of drug-likeness (QED) is 0.137. The zero-order valence-corrected chi connectivity index (χ0v) is 26.5. The number of carbonyl (C=O) groups is 2. The van der Waals surface area contributed by atoms with Gasteiger partial charge in [-0.1, -0.05) is 44.2 Å². The van der Waals surface area contributed by atoms with Crippen molar-refractivity contribution in [2.45, 2.75) is 49.6 Å². The molecule has 2 heterocycles. The van der Waals surface area contributed by atoms with Crippen molar-refractivity contribution in [2.75, 3.05) is 24.5 Å². The summed E-state index contributed by atoms with van der Waals surface area (Å²) >= 11 is 1.42. The van der Waals surface area contributed by atoms with Crippen molar-refractivity contribution in [2.24, 2.45) is 5.92 Å². The van der Waals surface area contributed by atoms with E-state index in [4.69, 9.17) is 4.74 Å². The molecule has 0 radical (unpaired) electrons. The zero-order valence-electron chi connectivity index (χ0n) is 24.9. The van der Waals surface area contributed by atoms with Crippen LogP contribution in [0.1, 0.15) is 29.8 Å². The first-order valence-electron chi connectivity index (χ1n) is 14.6. The van der Waals surface area contributed by atoms with E-state index in [1.165, 1.54) is 26.6 Å². The van der Waals surface area contributed by atoms with E-state index in [0.29, 0.717) is 23.1 Å². The third-order valence-electron chi connectivity index (χ3n) is 7.57. The van der Waals surface area contributed by atoms with Crippen LogP contribution >= 0.6 is 11.3 Å². The van der Waals surface area contributed by atoms with E-state index in [-0.39, 0.29) is 36.9 Å². The molecule has 1 aromatic heterocycles. The molecule has 3 aromatic carbocycles. The Bertz CT molecular complexity index is 1710. The summed E-state index contributed by atoms with van der Waals surface area (Å²) in [5, 5.41) is 25.8. The van der Waals surface area contributed by atoms with Crippen LogP contribution in [0.5, 0.6) is 0 Å². The maximum Gasteiger partial charge on any atom is 0.414 e. The molecule has 5 rings (SSSR count). The first-order valence-corrected chi connectivity index (χ1v) is 16.9. The number of rotatable bonds is 14. The molecule has 13 heteroatoms. The minimum Gasteiger partial charge on any atom is -0.440 e. The van der Waals surface area contributed by atoms with Crippen LogP contribution in [0, 0.1) is 5.92 Å². The average Bonchev–Trinajstić information content (AvgIpc) is 3.67. The van der Waals surface area contributed by atoms with Crippen LogP contribution in [0.3, 0.4) is 0 Å². The SMILES string of the molecule is CC(C)CN(C[C@@H](O)[C@H](Cc1ccccc1)NC(O)[C@@H]1CN(c2ccc(C=O)cc2)C(=O)O1)S(=O)(=O)c1ccc2scnc2c1. The number of benzene rings is 3. The number of anilines is 1. The number of sulfonamides is 1. The average molecular weight is 653 g/mol. The summed E-state index contributed by atoms with van der Waals surface area (Å²) in [6, 6.07) is 19.7. The van der Waals surface area contributed by atoms with Crippen LogP contribution in [0.4, 0.5) is 10.5 Å². The number of aliphatic hydroxyl groups is 2. The van der Waals surface area contributed by atoms with E-state index in [1.807, 2.05) is 44.2 Å². The van der Waals surface area contributed by atoms with E-state index in [0.717, 1.165) is 10.3 Å². The molecule has 45 heavy (non-hydrogen) atoms. The number of aromatic nitrogens is 1. The van der Waals surface area contributed by atoms with Crippen LogP contribution < -0.4 is 10.2 Å². The number of amides is 1. The molecule has 1 aliphatic heterocycles. The predicted molar refractivity (Wildman–Crippen MR) is 172 cm³/mol. The minimum absolute atomic E-state index is 0.0224. The number of carbonyl (C=O) groups excluding carboxylic acids is 2. The molecule has 1 aliphatic rings. The lowest BCUT2D eigenvalue weighted by molar-refractivity contribution is -0.0119. The van der Waals surface area contributed by atoms with Gasteiger partial charge in [0.25, 0.3) is 0 Å². The van der Waals surface area contributed by atoms with Gasteiger partial charge in [0.2, 0.25) is 10.0 Å². The van der Waals surface area contributed by atoms with Gasteiger partial charge in [0.1, 0.15) is 12.5 Å². The third-order valence-corrected chi connectivity index (χ3v) is 10.2. The van der Waals surface area contributed by atoms with Crippen molar-refractivity contribution < 1.29 is 33.0 Å². The lowest BCUT2D eigenvalue weighted by Gasteiger charge is -2.32. The van der Waals surface area contributed by atoms with Gasteiger partial charge >= 0.3 is 6.09 Å². The highest BCUT2D eigenvalue weighted by Crippen LogP contribution is 2.26. The van der Waals surface area contributed by atoms with E-state index >= 15 is 0 Å². The number of nitrogens with zero attached hydrogens (tertiary/aromatic N) is 3. The first-order chi connectivity index (χ1) is 21.5. The second-order valence-electron chi connectivity index (χ2n) is 11.4. The molecule has 4 atom stereocenters. The van der Waals surface area contributed by atoms with Gasteiger partial charge in [0, 0.05) is 30.4 Å². The van der Waals surface area contributed by atoms with Crippen molar-refractivity contribution in [3.05, 3.63) is 89.4 Å². The van der Waals surface area contributed by atoms with Gasteiger partial charge < -0.3 is 14.9 Å². The first kappa shape index (κ1) is 32.7. The number of ether oxygens (including phenoxy) is 1. The maximum atomic E-state index is 13.9. The van der Waals surface area contributed by atoms with E-state index in [1.54, 1.807) is 41.9 Å². The molecule has 1 amide bonds. The molecular formula is C32H36N4O7S2.